The largest absolute Gasteiger partial charge is 0.370 e. The maximum atomic E-state index is 12.5. The molecule has 0 saturated carbocycles. The van der Waals surface area contributed by atoms with Crippen LogP contribution in [-0.2, 0) is 6.42 Å². The minimum atomic E-state index is -0.0497. The second kappa shape index (κ2) is 9.77. The van der Waals surface area contributed by atoms with Crippen molar-refractivity contribution in [2.45, 2.75) is 39.5 Å². The summed E-state index contributed by atoms with van der Waals surface area (Å²) < 4.78 is 0. The second-order valence-corrected chi connectivity index (χ2v) is 6.28. The molecule has 0 saturated heterocycles. The van der Waals surface area contributed by atoms with Gasteiger partial charge < -0.3 is 10.2 Å². The first kappa shape index (κ1) is 18.9. The smallest absolute Gasteiger partial charge is 0.272 e. The molecule has 1 N–H and O–H groups in total. The number of aryl methyl sites for hydroxylation is 2. The van der Waals surface area contributed by atoms with Crippen molar-refractivity contribution >= 4 is 11.7 Å². The van der Waals surface area contributed by atoms with Crippen LogP contribution in [0.25, 0.3) is 0 Å². The summed E-state index contributed by atoms with van der Waals surface area (Å²) >= 11 is 0. The van der Waals surface area contributed by atoms with Gasteiger partial charge in [-0.2, -0.15) is 0 Å². The molecular formula is C20H28N4O. The van der Waals surface area contributed by atoms with Crippen molar-refractivity contribution < 1.29 is 4.79 Å². The molecular weight excluding hydrogens is 312 g/mol. The van der Waals surface area contributed by atoms with Gasteiger partial charge in [0, 0.05) is 26.2 Å². The number of hydrogen-bond acceptors (Lipinski definition) is 4. The Morgan fingerprint density at radius 3 is 2.64 bits per heavy atom. The topological polar surface area (TPSA) is 58.1 Å². The van der Waals surface area contributed by atoms with Crippen LogP contribution in [0.3, 0.4) is 0 Å². The average molecular weight is 340 g/mol. The molecule has 0 spiro atoms. The molecule has 1 heterocycles. The fourth-order valence-electron chi connectivity index (χ4n) is 2.61. The first-order chi connectivity index (χ1) is 12.1. The van der Waals surface area contributed by atoms with Gasteiger partial charge in [-0.25, -0.2) is 9.97 Å². The summed E-state index contributed by atoms with van der Waals surface area (Å²) in [6, 6.07) is 12.2. The Morgan fingerprint density at radius 2 is 1.92 bits per heavy atom. The minimum absolute atomic E-state index is 0.0497. The van der Waals surface area contributed by atoms with Crippen LogP contribution in [0.5, 0.6) is 0 Å². The number of carbonyl (C=O) groups excluding carboxylic acids is 1. The molecule has 2 rings (SSSR count). The molecule has 0 aliphatic rings. The highest BCUT2D eigenvalue weighted by Gasteiger charge is 2.14. The molecule has 0 unspecified atom stereocenters. The Labute approximate surface area is 150 Å². The van der Waals surface area contributed by atoms with Crippen molar-refractivity contribution in [1.29, 1.82) is 0 Å². The average Bonchev–Trinajstić information content (AvgIpc) is 2.63. The lowest BCUT2D eigenvalue weighted by molar-refractivity contribution is 0.0787. The van der Waals surface area contributed by atoms with E-state index >= 15 is 0 Å². The fourth-order valence-corrected chi connectivity index (χ4v) is 2.61. The van der Waals surface area contributed by atoms with Crippen molar-refractivity contribution in [3.63, 3.8) is 0 Å². The monoisotopic (exact) mass is 340 g/mol. The molecule has 0 atom stereocenters. The molecule has 0 aliphatic heterocycles. The summed E-state index contributed by atoms with van der Waals surface area (Å²) in [5, 5.41) is 3.31. The van der Waals surface area contributed by atoms with Gasteiger partial charge in [0.2, 0.25) is 0 Å². The molecule has 134 valence electrons. The van der Waals surface area contributed by atoms with Gasteiger partial charge in [0.05, 0.1) is 0 Å². The van der Waals surface area contributed by atoms with E-state index in [-0.39, 0.29) is 5.91 Å². The van der Waals surface area contributed by atoms with Crippen molar-refractivity contribution in [1.82, 2.24) is 14.9 Å². The van der Waals surface area contributed by atoms with Crippen LogP contribution in [0.2, 0.25) is 0 Å². The Hall–Kier alpha value is -2.43. The molecule has 1 aromatic heterocycles. The lowest BCUT2D eigenvalue weighted by Gasteiger charge is -2.17. The van der Waals surface area contributed by atoms with E-state index < -0.39 is 0 Å². The van der Waals surface area contributed by atoms with Gasteiger partial charge >= 0.3 is 0 Å². The van der Waals surface area contributed by atoms with E-state index in [1.54, 1.807) is 11.0 Å². The number of nitrogens with one attached hydrogen (secondary N) is 1. The van der Waals surface area contributed by atoms with Crippen LogP contribution in [0.4, 0.5) is 5.82 Å². The lowest BCUT2D eigenvalue weighted by atomic mass is 10.1. The summed E-state index contributed by atoms with van der Waals surface area (Å²) in [6.07, 6.45) is 4.09. The van der Waals surface area contributed by atoms with E-state index in [1.807, 2.05) is 20.0 Å². The van der Waals surface area contributed by atoms with Crippen LogP contribution < -0.4 is 5.32 Å². The van der Waals surface area contributed by atoms with Gasteiger partial charge in [-0.3, -0.25) is 4.79 Å². The van der Waals surface area contributed by atoms with Crippen molar-refractivity contribution in [2.75, 3.05) is 25.5 Å². The number of benzene rings is 1. The van der Waals surface area contributed by atoms with E-state index in [2.05, 4.69) is 46.5 Å². The summed E-state index contributed by atoms with van der Waals surface area (Å²) in [5.74, 6) is 1.28. The summed E-state index contributed by atoms with van der Waals surface area (Å²) in [5.41, 5.74) is 1.79. The van der Waals surface area contributed by atoms with E-state index in [0.717, 1.165) is 38.8 Å². The normalized spacial score (nSPS) is 10.5. The number of aromatic nitrogens is 2. The zero-order valence-corrected chi connectivity index (χ0v) is 15.5. The predicted octanol–water partition coefficient (Wildman–Crippen LogP) is 3.70. The third-order valence-electron chi connectivity index (χ3n) is 4.04. The Balaban J connectivity index is 1.90. The van der Waals surface area contributed by atoms with E-state index in [4.69, 9.17) is 0 Å². The Morgan fingerprint density at radius 1 is 1.16 bits per heavy atom. The van der Waals surface area contributed by atoms with E-state index in [1.165, 1.54) is 5.56 Å². The van der Waals surface area contributed by atoms with E-state index in [9.17, 15) is 4.79 Å². The van der Waals surface area contributed by atoms with Crippen LogP contribution in [0, 0.1) is 6.92 Å². The molecule has 0 aliphatic carbocycles. The standard InChI is InChI=1S/C20H28N4O/c1-4-5-14-24(3)20(25)18-15-19(23-16(2)22-18)21-13-9-12-17-10-7-6-8-11-17/h6-8,10-11,15H,4-5,9,12-14H2,1-3H3,(H,21,22,23). The SMILES string of the molecule is CCCCN(C)C(=O)c1cc(NCCCc2ccccc2)nc(C)n1. The first-order valence-corrected chi connectivity index (χ1v) is 8.99. The van der Waals surface area contributed by atoms with Gasteiger partial charge in [0.1, 0.15) is 17.3 Å². The molecule has 0 bridgehead atoms. The number of unbranched alkanes of at least 4 members (excludes halogenated alkanes) is 1. The lowest BCUT2D eigenvalue weighted by Crippen LogP contribution is -2.28. The maximum Gasteiger partial charge on any atom is 0.272 e. The van der Waals surface area contributed by atoms with Crippen LogP contribution in [0.15, 0.2) is 36.4 Å². The number of hydrogen-bond donors (Lipinski definition) is 1. The quantitative estimate of drug-likeness (QED) is 0.707. The molecule has 1 aromatic carbocycles. The second-order valence-electron chi connectivity index (χ2n) is 6.28. The van der Waals surface area contributed by atoms with Crippen LogP contribution >= 0.6 is 0 Å². The van der Waals surface area contributed by atoms with E-state index in [0.29, 0.717) is 17.3 Å². The van der Waals surface area contributed by atoms with Gasteiger partial charge in [-0.05, 0) is 31.7 Å². The molecule has 2 aromatic rings. The number of anilines is 1. The highest BCUT2D eigenvalue weighted by atomic mass is 16.2. The van der Waals surface area contributed by atoms with Gasteiger partial charge in [0.25, 0.3) is 5.91 Å². The maximum absolute atomic E-state index is 12.5. The van der Waals surface area contributed by atoms with Gasteiger partial charge in [0.15, 0.2) is 0 Å². The Kier molecular flexibility index (Phi) is 7.38. The van der Waals surface area contributed by atoms with Crippen molar-refractivity contribution in [3.05, 3.63) is 53.5 Å². The molecule has 5 heteroatoms. The number of carbonyl (C=O) groups is 1. The van der Waals surface area contributed by atoms with Crippen molar-refractivity contribution in [2.24, 2.45) is 0 Å². The number of rotatable bonds is 9. The molecule has 5 nitrogen and oxygen atoms in total. The Bertz CT molecular complexity index is 673. The molecule has 0 fully saturated rings. The zero-order valence-electron chi connectivity index (χ0n) is 15.5. The minimum Gasteiger partial charge on any atom is -0.370 e. The molecule has 25 heavy (non-hydrogen) atoms. The summed E-state index contributed by atoms with van der Waals surface area (Å²) in [4.78, 5) is 22.9. The number of nitrogens with zero attached hydrogens (tertiary/aromatic N) is 3. The van der Waals surface area contributed by atoms with Crippen LogP contribution in [-0.4, -0.2) is 40.9 Å². The third kappa shape index (κ3) is 6.18. The molecule has 0 radical (unpaired) electrons. The highest BCUT2D eigenvalue weighted by Crippen LogP contribution is 2.10. The van der Waals surface area contributed by atoms with Gasteiger partial charge in [-0.1, -0.05) is 43.7 Å². The predicted molar refractivity (Wildman–Crippen MR) is 102 cm³/mol. The third-order valence-corrected chi connectivity index (χ3v) is 4.04. The molecule has 1 amide bonds. The van der Waals surface area contributed by atoms with Crippen LogP contribution in [0.1, 0.15) is 48.1 Å². The summed E-state index contributed by atoms with van der Waals surface area (Å²) in [7, 11) is 1.82. The van der Waals surface area contributed by atoms with Gasteiger partial charge in [-0.15, -0.1) is 0 Å². The zero-order chi connectivity index (χ0) is 18.1. The van der Waals surface area contributed by atoms with Crippen molar-refractivity contribution in [3.8, 4) is 0 Å². The fraction of sp³-hybridized carbons (Fsp3) is 0.450. The summed E-state index contributed by atoms with van der Waals surface area (Å²) in [6.45, 7) is 5.49. The highest BCUT2D eigenvalue weighted by molar-refractivity contribution is 5.92. The number of amides is 1. The first-order valence-electron chi connectivity index (χ1n) is 8.99.